The number of carbonyl (C=O) groups is 1. The van der Waals surface area contributed by atoms with E-state index in [9.17, 15) is 4.79 Å². The van der Waals surface area contributed by atoms with Gasteiger partial charge in [-0.25, -0.2) is 5.43 Å². The Morgan fingerprint density at radius 1 is 1.26 bits per heavy atom. The van der Waals surface area contributed by atoms with Crippen LogP contribution in [0.4, 0.5) is 0 Å². The molecule has 2 aromatic rings. The monoisotopic (exact) mass is 332 g/mol. The first-order chi connectivity index (χ1) is 11.2. The van der Waals surface area contributed by atoms with Crippen LogP contribution < -0.4 is 19.6 Å². The Kier molecular flexibility index (Phi) is 4.63. The second-order valence-electron chi connectivity index (χ2n) is 4.65. The maximum absolute atomic E-state index is 11.7. The molecule has 0 aliphatic carbocycles. The number of carbonyl (C=O) groups excluding carboxylic acids is 1. The molecule has 23 heavy (non-hydrogen) atoms. The van der Waals surface area contributed by atoms with Gasteiger partial charge in [-0.05, 0) is 42.0 Å². The van der Waals surface area contributed by atoms with Gasteiger partial charge in [0.05, 0.1) is 6.21 Å². The van der Waals surface area contributed by atoms with E-state index in [4.69, 9.17) is 25.8 Å². The first kappa shape index (κ1) is 15.2. The van der Waals surface area contributed by atoms with Gasteiger partial charge in [0.2, 0.25) is 6.79 Å². The summed E-state index contributed by atoms with van der Waals surface area (Å²) >= 11 is 5.83. The summed E-state index contributed by atoms with van der Waals surface area (Å²) < 4.78 is 15.8. The third-order valence-corrected chi connectivity index (χ3v) is 3.20. The molecule has 0 aromatic heterocycles. The summed E-state index contributed by atoms with van der Waals surface area (Å²) in [6, 6.07) is 12.2. The molecule has 1 aliphatic heterocycles. The number of hydrogen-bond acceptors (Lipinski definition) is 5. The minimum absolute atomic E-state index is 0.154. The highest BCUT2D eigenvalue weighted by atomic mass is 35.5. The van der Waals surface area contributed by atoms with Crippen LogP contribution in [0.1, 0.15) is 5.56 Å². The molecule has 0 bridgehead atoms. The minimum atomic E-state index is -0.373. The van der Waals surface area contributed by atoms with Gasteiger partial charge in [0.1, 0.15) is 5.75 Å². The van der Waals surface area contributed by atoms with Gasteiger partial charge in [0.25, 0.3) is 5.91 Å². The topological polar surface area (TPSA) is 69.2 Å². The van der Waals surface area contributed by atoms with Crippen molar-refractivity contribution >= 4 is 23.7 Å². The Morgan fingerprint density at radius 2 is 2.13 bits per heavy atom. The van der Waals surface area contributed by atoms with Crippen molar-refractivity contribution < 1.29 is 19.0 Å². The molecule has 0 unspecified atom stereocenters. The van der Waals surface area contributed by atoms with E-state index in [1.807, 2.05) is 6.07 Å². The van der Waals surface area contributed by atoms with Crippen molar-refractivity contribution in [2.75, 3.05) is 13.4 Å². The fourth-order valence-corrected chi connectivity index (χ4v) is 2.09. The maximum Gasteiger partial charge on any atom is 0.277 e. The molecule has 1 amide bonds. The Labute approximate surface area is 137 Å². The van der Waals surface area contributed by atoms with E-state index in [1.54, 1.807) is 36.4 Å². The first-order valence-corrected chi connectivity index (χ1v) is 7.18. The second kappa shape index (κ2) is 7.02. The molecule has 1 N–H and O–H groups in total. The number of benzene rings is 2. The highest BCUT2D eigenvalue weighted by Crippen LogP contribution is 2.31. The van der Waals surface area contributed by atoms with Crippen LogP contribution in [-0.4, -0.2) is 25.5 Å². The van der Waals surface area contributed by atoms with Gasteiger partial charge >= 0.3 is 0 Å². The highest BCUT2D eigenvalue weighted by molar-refractivity contribution is 6.30. The van der Waals surface area contributed by atoms with Crippen LogP contribution in [0.3, 0.4) is 0 Å². The summed E-state index contributed by atoms with van der Waals surface area (Å²) in [6.45, 7) is 0.0618. The Balaban J connectivity index is 1.48. The summed E-state index contributed by atoms with van der Waals surface area (Å²) in [4.78, 5) is 11.7. The summed E-state index contributed by atoms with van der Waals surface area (Å²) in [6.07, 6.45) is 1.51. The fraction of sp³-hybridized carbons (Fsp3) is 0.125. The lowest BCUT2D eigenvalue weighted by Crippen LogP contribution is -2.24. The smallest absolute Gasteiger partial charge is 0.277 e. The van der Waals surface area contributed by atoms with E-state index < -0.39 is 0 Å². The lowest BCUT2D eigenvalue weighted by atomic mass is 10.2. The quantitative estimate of drug-likeness (QED) is 0.675. The number of nitrogens with one attached hydrogen (secondary N) is 1. The van der Waals surface area contributed by atoms with E-state index in [0.29, 0.717) is 22.3 Å². The van der Waals surface area contributed by atoms with Gasteiger partial charge in [0, 0.05) is 5.02 Å². The lowest BCUT2D eigenvalue weighted by Gasteiger charge is -2.05. The zero-order chi connectivity index (χ0) is 16.1. The van der Waals surface area contributed by atoms with Crippen molar-refractivity contribution in [1.82, 2.24) is 5.43 Å². The molecule has 0 atom stereocenters. The molecule has 1 aliphatic rings. The molecule has 0 radical (unpaired) electrons. The predicted molar refractivity (Wildman–Crippen MR) is 85.2 cm³/mol. The molecular formula is C16H13ClN2O4. The van der Waals surface area contributed by atoms with E-state index in [1.165, 1.54) is 6.21 Å². The third-order valence-electron chi connectivity index (χ3n) is 2.97. The number of hydrazone groups is 1. The van der Waals surface area contributed by atoms with E-state index in [-0.39, 0.29) is 19.3 Å². The summed E-state index contributed by atoms with van der Waals surface area (Å²) in [5, 5.41) is 4.42. The molecule has 0 fully saturated rings. The fourth-order valence-electron chi connectivity index (χ4n) is 1.91. The van der Waals surface area contributed by atoms with Gasteiger partial charge in [-0.2, -0.15) is 5.10 Å². The zero-order valence-electron chi connectivity index (χ0n) is 12.0. The molecule has 6 nitrogen and oxygen atoms in total. The van der Waals surface area contributed by atoms with Crippen molar-refractivity contribution in [3.8, 4) is 17.2 Å². The van der Waals surface area contributed by atoms with Crippen molar-refractivity contribution in [3.05, 3.63) is 53.1 Å². The molecule has 0 saturated carbocycles. The molecule has 1 heterocycles. The van der Waals surface area contributed by atoms with Crippen LogP contribution in [0.5, 0.6) is 17.2 Å². The van der Waals surface area contributed by atoms with Crippen molar-refractivity contribution in [2.45, 2.75) is 0 Å². The molecule has 3 rings (SSSR count). The number of hydrogen-bond donors (Lipinski definition) is 1. The standard InChI is InChI=1S/C16H13ClN2O4/c17-12-2-1-3-13(7-12)21-9-16(20)19-18-8-11-4-5-14-15(6-11)23-10-22-14/h1-8H,9-10H2,(H,19,20)/b18-8-. The van der Waals surface area contributed by atoms with Gasteiger partial charge in [0.15, 0.2) is 18.1 Å². The second-order valence-corrected chi connectivity index (χ2v) is 5.09. The Bertz CT molecular complexity index is 749. The average Bonchev–Trinajstić information content (AvgIpc) is 3.01. The number of ether oxygens (including phenoxy) is 3. The Morgan fingerprint density at radius 3 is 3.00 bits per heavy atom. The molecule has 0 saturated heterocycles. The van der Waals surface area contributed by atoms with Crippen molar-refractivity contribution in [1.29, 1.82) is 0 Å². The number of fused-ring (bicyclic) bond motifs is 1. The van der Waals surface area contributed by atoms with Gasteiger partial charge in [-0.3, -0.25) is 4.79 Å². The summed E-state index contributed by atoms with van der Waals surface area (Å²) in [5.41, 5.74) is 3.17. The largest absolute Gasteiger partial charge is 0.484 e. The number of rotatable bonds is 5. The van der Waals surface area contributed by atoms with Crippen LogP contribution in [0.15, 0.2) is 47.6 Å². The van der Waals surface area contributed by atoms with Crippen molar-refractivity contribution in [2.24, 2.45) is 5.10 Å². The van der Waals surface area contributed by atoms with Crippen LogP contribution in [0.2, 0.25) is 5.02 Å². The van der Waals surface area contributed by atoms with E-state index in [2.05, 4.69) is 10.5 Å². The van der Waals surface area contributed by atoms with Crippen LogP contribution in [-0.2, 0) is 4.79 Å². The number of halogens is 1. The van der Waals surface area contributed by atoms with E-state index >= 15 is 0 Å². The van der Waals surface area contributed by atoms with Crippen molar-refractivity contribution in [3.63, 3.8) is 0 Å². The molecule has 118 valence electrons. The van der Waals surface area contributed by atoms with Gasteiger partial charge in [-0.15, -0.1) is 0 Å². The van der Waals surface area contributed by atoms with Gasteiger partial charge < -0.3 is 14.2 Å². The van der Waals surface area contributed by atoms with Crippen LogP contribution >= 0.6 is 11.6 Å². The predicted octanol–water partition coefficient (Wildman–Crippen LogP) is 2.60. The SMILES string of the molecule is O=C(COc1cccc(Cl)c1)N/N=C\c1ccc2c(c1)OCO2. The lowest BCUT2D eigenvalue weighted by molar-refractivity contribution is -0.123. The number of amides is 1. The van der Waals surface area contributed by atoms with Gasteiger partial charge in [-0.1, -0.05) is 17.7 Å². The van der Waals surface area contributed by atoms with E-state index in [0.717, 1.165) is 5.56 Å². The first-order valence-electron chi connectivity index (χ1n) is 6.80. The summed E-state index contributed by atoms with van der Waals surface area (Å²) in [5.74, 6) is 1.50. The zero-order valence-corrected chi connectivity index (χ0v) is 12.7. The average molecular weight is 333 g/mol. The summed E-state index contributed by atoms with van der Waals surface area (Å²) in [7, 11) is 0. The normalized spacial score (nSPS) is 12.4. The molecule has 7 heteroatoms. The van der Waals surface area contributed by atoms with Crippen LogP contribution in [0, 0.1) is 0 Å². The highest BCUT2D eigenvalue weighted by Gasteiger charge is 2.12. The Hall–Kier alpha value is -2.73. The number of nitrogens with zero attached hydrogens (tertiary/aromatic N) is 1. The minimum Gasteiger partial charge on any atom is -0.484 e. The third kappa shape index (κ3) is 4.14. The van der Waals surface area contributed by atoms with Crippen LogP contribution in [0.25, 0.3) is 0 Å². The molecule has 2 aromatic carbocycles. The molecular weight excluding hydrogens is 320 g/mol. The molecule has 0 spiro atoms. The maximum atomic E-state index is 11.7.